The molecule has 0 aliphatic carbocycles. The molecular weight excluding hydrogens is 270 g/mol. The van der Waals surface area contributed by atoms with Crippen LogP contribution in [-0.4, -0.2) is 26.2 Å². The first-order valence-corrected chi connectivity index (χ1v) is 9.12. The van der Waals surface area contributed by atoms with Gasteiger partial charge in [-0.3, -0.25) is 0 Å². The third kappa shape index (κ3) is 6.00. The molecule has 0 aromatic heterocycles. The van der Waals surface area contributed by atoms with Crippen LogP contribution in [0.4, 0.5) is 0 Å². The van der Waals surface area contributed by atoms with E-state index in [0.717, 1.165) is 12.4 Å². The van der Waals surface area contributed by atoms with Crippen LogP contribution in [-0.2, 0) is 5.41 Å². The number of benzene rings is 1. The third-order valence-electron chi connectivity index (χ3n) is 4.72. The molecule has 2 rings (SSSR count). The summed E-state index contributed by atoms with van der Waals surface area (Å²) < 4.78 is 5.86. The van der Waals surface area contributed by atoms with Gasteiger partial charge < -0.3 is 9.64 Å². The fraction of sp³-hybridized carbons (Fsp3) is 0.700. The third-order valence-corrected chi connectivity index (χ3v) is 4.72. The van der Waals surface area contributed by atoms with Crippen molar-refractivity contribution >= 4 is 0 Å². The van der Waals surface area contributed by atoms with Crippen LogP contribution in [0.25, 0.3) is 0 Å². The minimum atomic E-state index is 0.218. The van der Waals surface area contributed by atoms with Gasteiger partial charge in [-0.05, 0) is 61.6 Å². The van der Waals surface area contributed by atoms with Crippen LogP contribution in [0.2, 0.25) is 0 Å². The number of unbranched alkanes of at least 4 members (excludes halogenated alkanes) is 2. The number of quaternary nitrogens is 1. The lowest BCUT2D eigenvalue weighted by Gasteiger charge is -2.23. The van der Waals surface area contributed by atoms with E-state index in [-0.39, 0.29) is 5.41 Å². The average molecular weight is 304 g/mol. The minimum absolute atomic E-state index is 0.218. The van der Waals surface area contributed by atoms with Gasteiger partial charge in [0.05, 0.1) is 26.2 Å². The van der Waals surface area contributed by atoms with E-state index in [1.54, 1.807) is 0 Å². The van der Waals surface area contributed by atoms with E-state index in [1.807, 2.05) is 4.90 Å². The molecule has 1 saturated heterocycles. The van der Waals surface area contributed by atoms with Gasteiger partial charge in [-0.1, -0.05) is 32.9 Å². The summed E-state index contributed by atoms with van der Waals surface area (Å²) in [6, 6.07) is 8.60. The number of ether oxygens (including phenoxy) is 1. The normalized spacial score (nSPS) is 16.7. The lowest BCUT2D eigenvalue weighted by molar-refractivity contribution is -0.905. The molecule has 1 fully saturated rings. The number of piperidine rings is 1. The lowest BCUT2D eigenvalue weighted by Crippen LogP contribution is -3.12. The van der Waals surface area contributed by atoms with Crippen molar-refractivity contribution in [2.24, 2.45) is 0 Å². The van der Waals surface area contributed by atoms with E-state index in [1.165, 1.54) is 63.7 Å². The van der Waals surface area contributed by atoms with E-state index in [0.29, 0.717) is 0 Å². The molecule has 124 valence electrons. The van der Waals surface area contributed by atoms with Crippen LogP contribution in [0.5, 0.6) is 5.75 Å². The Morgan fingerprint density at radius 3 is 2.23 bits per heavy atom. The fourth-order valence-electron chi connectivity index (χ4n) is 3.20. The number of likely N-dealkylation sites (tertiary alicyclic amines) is 1. The molecule has 1 aromatic rings. The van der Waals surface area contributed by atoms with Crippen molar-refractivity contribution in [2.45, 2.75) is 64.7 Å². The molecule has 1 aliphatic heterocycles. The van der Waals surface area contributed by atoms with Gasteiger partial charge in [-0.2, -0.15) is 0 Å². The Morgan fingerprint density at radius 1 is 0.909 bits per heavy atom. The van der Waals surface area contributed by atoms with E-state index < -0.39 is 0 Å². The minimum Gasteiger partial charge on any atom is -0.494 e. The first-order valence-electron chi connectivity index (χ1n) is 9.12. The molecule has 0 spiro atoms. The van der Waals surface area contributed by atoms with Crippen LogP contribution < -0.4 is 9.64 Å². The predicted octanol–water partition coefficient (Wildman–Crippen LogP) is 3.60. The van der Waals surface area contributed by atoms with Gasteiger partial charge in [-0.25, -0.2) is 0 Å². The highest BCUT2D eigenvalue weighted by Crippen LogP contribution is 2.24. The summed E-state index contributed by atoms with van der Waals surface area (Å²) >= 11 is 0. The van der Waals surface area contributed by atoms with Crippen molar-refractivity contribution in [2.75, 3.05) is 26.2 Å². The summed E-state index contributed by atoms with van der Waals surface area (Å²) in [6.07, 6.45) is 8.14. The molecule has 2 nitrogen and oxygen atoms in total. The molecule has 0 bridgehead atoms. The standard InChI is InChI=1S/C20H33NO/c1-20(2,3)18-10-12-19(13-11-18)22-17-9-5-8-16-21-14-6-4-7-15-21/h10-13H,4-9,14-17H2,1-3H3/p+1. The van der Waals surface area contributed by atoms with Gasteiger partial charge >= 0.3 is 0 Å². The van der Waals surface area contributed by atoms with Crippen molar-refractivity contribution in [3.05, 3.63) is 29.8 Å². The SMILES string of the molecule is CC(C)(C)c1ccc(OCCCCC[NH+]2CCCCC2)cc1. The Bertz CT molecular complexity index is 412. The Hall–Kier alpha value is -1.02. The van der Waals surface area contributed by atoms with Gasteiger partial charge in [0.1, 0.15) is 5.75 Å². The zero-order chi connectivity index (χ0) is 15.8. The van der Waals surface area contributed by atoms with E-state index >= 15 is 0 Å². The molecule has 0 atom stereocenters. The molecule has 1 heterocycles. The van der Waals surface area contributed by atoms with E-state index in [2.05, 4.69) is 45.0 Å². The molecule has 0 saturated carbocycles. The second-order valence-electron chi connectivity index (χ2n) is 7.74. The van der Waals surface area contributed by atoms with Crippen molar-refractivity contribution in [3.8, 4) is 5.75 Å². The molecule has 22 heavy (non-hydrogen) atoms. The van der Waals surface area contributed by atoms with Crippen molar-refractivity contribution in [3.63, 3.8) is 0 Å². The second kappa shape index (κ2) is 8.57. The quantitative estimate of drug-likeness (QED) is 0.760. The van der Waals surface area contributed by atoms with Crippen LogP contribution in [0.1, 0.15) is 64.9 Å². The highest BCUT2D eigenvalue weighted by molar-refractivity contribution is 5.31. The summed E-state index contributed by atoms with van der Waals surface area (Å²) in [6.45, 7) is 11.7. The monoisotopic (exact) mass is 304 g/mol. The summed E-state index contributed by atoms with van der Waals surface area (Å²) in [4.78, 5) is 1.82. The number of hydrogen-bond donors (Lipinski definition) is 1. The Balaban J connectivity index is 1.56. The summed E-state index contributed by atoms with van der Waals surface area (Å²) in [5, 5.41) is 0. The molecule has 1 aromatic carbocycles. The van der Waals surface area contributed by atoms with Crippen LogP contribution >= 0.6 is 0 Å². The maximum absolute atomic E-state index is 5.86. The first kappa shape index (κ1) is 17.3. The molecule has 1 N–H and O–H groups in total. The zero-order valence-electron chi connectivity index (χ0n) is 14.8. The van der Waals surface area contributed by atoms with E-state index in [4.69, 9.17) is 4.74 Å². The van der Waals surface area contributed by atoms with Gasteiger partial charge in [0, 0.05) is 0 Å². The summed E-state index contributed by atoms with van der Waals surface area (Å²) in [5.41, 5.74) is 1.58. The Kier molecular flexibility index (Phi) is 6.75. The van der Waals surface area contributed by atoms with E-state index in [9.17, 15) is 0 Å². The first-order chi connectivity index (χ1) is 10.6. The number of rotatable bonds is 7. The van der Waals surface area contributed by atoms with Gasteiger partial charge in [0.25, 0.3) is 0 Å². The average Bonchev–Trinajstić information content (AvgIpc) is 2.51. The molecule has 1 aliphatic rings. The van der Waals surface area contributed by atoms with Gasteiger partial charge in [-0.15, -0.1) is 0 Å². The molecule has 0 amide bonds. The smallest absolute Gasteiger partial charge is 0.119 e. The fourth-order valence-corrected chi connectivity index (χ4v) is 3.20. The second-order valence-corrected chi connectivity index (χ2v) is 7.74. The van der Waals surface area contributed by atoms with Crippen LogP contribution in [0.3, 0.4) is 0 Å². The Labute approximate surface area is 136 Å². The highest BCUT2D eigenvalue weighted by atomic mass is 16.5. The zero-order valence-corrected chi connectivity index (χ0v) is 14.8. The van der Waals surface area contributed by atoms with Crippen molar-refractivity contribution < 1.29 is 9.64 Å². The summed E-state index contributed by atoms with van der Waals surface area (Å²) in [5.74, 6) is 1.01. The number of hydrogen-bond acceptors (Lipinski definition) is 1. The lowest BCUT2D eigenvalue weighted by atomic mass is 9.87. The van der Waals surface area contributed by atoms with Gasteiger partial charge in [0.15, 0.2) is 0 Å². The molecule has 0 unspecified atom stereocenters. The number of nitrogens with one attached hydrogen (secondary N) is 1. The molecule has 2 heteroatoms. The highest BCUT2D eigenvalue weighted by Gasteiger charge is 2.13. The Morgan fingerprint density at radius 2 is 1.59 bits per heavy atom. The maximum Gasteiger partial charge on any atom is 0.119 e. The maximum atomic E-state index is 5.86. The summed E-state index contributed by atoms with van der Waals surface area (Å²) in [7, 11) is 0. The largest absolute Gasteiger partial charge is 0.494 e. The topological polar surface area (TPSA) is 13.7 Å². The van der Waals surface area contributed by atoms with Crippen LogP contribution in [0, 0.1) is 0 Å². The van der Waals surface area contributed by atoms with Gasteiger partial charge in [0.2, 0.25) is 0 Å². The van der Waals surface area contributed by atoms with Crippen LogP contribution in [0.15, 0.2) is 24.3 Å². The molecular formula is C20H34NO+. The predicted molar refractivity (Wildman–Crippen MR) is 93.9 cm³/mol. The molecule has 0 radical (unpaired) electrons. The van der Waals surface area contributed by atoms with Crippen molar-refractivity contribution in [1.29, 1.82) is 0 Å². The van der Waals surface area contributed by atoms with Crippen molar-refractivity contribution in [1.82, 2.24) is 0 Å².